The van der Waals surface area contributed by atoms with E-state index in [0.29, 0.717) is 6.04 Å². The van der Waals surface area contributed by atoms with Crippen LogP contribution in [0.15, 0.2) is 24.8 Å². The molecule has 0 spiro atoms. The largest absolute Gasteiger partial charge is 0.383 e. The lowest BCUT2D eigenvalue weighted by molar-refractivity contribution is 0.117. The van der Waals surface area contributed by atoms with Gasteiger partial charge in [0, 0.05) is 37.8 Å². The average molecular weight is 299 g/mol. The van der Waals surface area contributed by atoms with E-state index in [-0.39, 0.29) is 0 Å². The minimum Gasteiger partial charge on any atom is -0.383 e. The molecule has 0 saturated carbocycles. The molecule has 0 aromatic carbocycles. The molecule has 1 saturated heterocycles. The standard InChI is InChI=1S/C16H21N5O/c1-22-8-7-20-6-2-3-12(10-20)21-11-19-14-9-18-16-13(15(14)21)4-5-17-16/h4-5,9,11-12H,2-3,6-8,10H2,1H3,(H,17,18)/t12-/m1/s1. The molecule has 4 heterocycles. The highest BCUT2D eigenvalue weighted by Gasteiger charge is 2.23. The van der Waals surface area contributed by atoms with Gasteiger partial charge in [0.1, 0.15) is 11.2 Å². The first-order valence-electron chi connectivity index (χ1n) is 7.87. The van der Waals surface area contributed by atoms with Gasteiger partial charge >= 0.3 is 0 Å². The van der Waals surface area contributed by atoms with E-state index in [4.69, 9.17) is 4.74 Å². The van der Waals surface area contributed by atoms with E-state index in [2.05, 4.69) is 30.5 Å². The molecule has 6 nitrogen and oxygen atoms in total. The van der Waals surface area contributed by atoms with Crippen LogP contribution in [0.2, 0.25) is 0 Å². The number of methoxy groups -OCH3 is 1. The molecule has 3 aromatic heterocycles. The van der Waals surface area contributed by atoms with Crippen molar-refractivity contribution in [3.8, 4) is 0 Å². The van der Waals surface area contributed by atoms with Crippen LogP contribution in [0.5, 0.6) is 0 Å². The van der Waals surface area contributed by atoms with Gasteiger partial charge in [0.25, 0.3) is 0 Å². The molecular weight excluding hydrogens is 278 g/mol. The van der Waals surface area contributed by atoms with Crippen molar-refractivity contribution in [1.82, 2.24) is 24.4 Å². The number of likely N-dealkylation sites (tertiary alicyclic amines) is 1. The Morgan fingerprint density at radius 2 is 2.36 bits per heavy atom. The zero-order valence-corrected chi connectivity index (χ0v) is 12.8. The molecule has 1 atom stereocenters. The summed E-state index contributed by atoms with van der Waals surface area (Å²) in [6, 6.07) is 2.56. The smallest absolute Gasteiger partial charge is 0.139 e. The lowest BCUT2D eigenvalue weighted by Crippen LogP contribution is -2.38. The monoisotopic (exact) mass is 299 g/mol. The molecule has 1 aliphatic rings. The summed E-state index contributed by atoms with van der Waals surface area (Å²) >= 11 is 0. The molecule has 1 N–H and O–H groups in total. The third kappa shape index (κ3) is 2.28. The van der Waals surface area contributed by atoms with Crippen LogP contribution in [0.1, 0.15) is 18.9 Å². The number of hydrogen-bond donors (Lipinski definition) is 1. The topological polar surface area (TPSA) is 59.0 Å². The number of ether oxygens (including phenoxy) is 1. The summed E-state index contributed by atoms with van der Waals surface area (Å²) in [5.74, 6) is 0. The number of imidazole rings is 1. The van der Waals surface area contributed by atoms with Gasteiger partial charge in [-0.1, -0.05) is 0 Å². The Morgan fingerprint density at radius 1 is 1.41 bits per heavy atom. The zero-order chi connectivity index (χ0) is 14.9. The van der Waals surface area contributed by atoms with Crippen LogP contribution >= 0.6 is 0 Å². The second kappa shape index (κ2) is 5.70. The maximum atomic E-state index is 5.21. The molecule has 1 fully saturated rings. The van der Waals surface area contributed by atoms with Crippen LogP contribution in [-0.2, 0) is 4.74 Å². The third-order valence-electron chi connectivity index (χ3n) is 4.60. The summed E-state index contributed by atoms with van der Waals surface area (Å²) in [6.07, 6.45) is 8.19. The Labute approximate surface area is 129 Å². The number of pyridine rings is 1. The number of H-pyrrole nitrogens is 1. The van der Waals surface area contributed by atoms with Gasteiger partial charge in [-0.2, -0.15) is 0 Å². The Hall–Kier alpha value is -1.92. The molecule has 1 aliphatic heterocycles. The summed E-state index contributed by atoms with van der Waals surface area (Å²) in [4.78, 5) is 14.7. The SMILES string of the molecule is COCCN1CCC[C@@H](n2cnc3cnc4[nH]ccc4c32)C1. The van der Waals surface area contributed by atoms with Gasteiger partial charge in [-0.15, -0.1) is 0 Å². The first-order valence-corrected chi connectivity index (χ1v) is 7.87. The molecule has 3 aromatic rings. The van der Waals surface area contributed by atoms with Crippen LogP contribution < -0.4 is 0 Å². The van der Waals surface area contributed by atoms with E-state index in [9.17, 15) is 0 Å². The van der Waals surface area contributed by atoms with E-state index < -0.39 is 0 Å². The van der Waals surface area contributed by atoms with Gasteiger partial charge < -0.3 is 14.3 Å². The molecule has 22 heavy (non-hydrogen) atoms. The van der Waals surface area contributed by atoms with Gasteiger partial charge in [0.05, 0.1) is 24.6 Å². The third-order valence-corrected chi connectivity index (χ3v) is 4.60. The van der Waals surface area contributed by atoms with E-state index in [0.717, 1.165) is 42.8 Å². The Kier molecular flexibility index (Phi) is 3.56. The van der Waals surface area contributed by atoms with Gasteiger partial charge in [-0.25, -0.2) is 9.97 Å². The van der Waals surface area contributed by atoms with Crippen molar-refractivity contribution in [2.45, 2.75) is 18.9 Å². The van der Waals surface area contributed by atoms with Crippen LogP contribution in [0.25, 0.3) is 22.1 Å². The Morgan fingerprint density at radius 3 is 3.27 bits per heavy atom. The van der Waals surface area contributed by atoms with E-state index in [1.165, 1.54) is 18.4 Å². The molecule has 0 aliphatic carbocycles. The van der Waals surface area contributed by atoms with Crippen molar-refractivity contribution in [2.75, 3.05) is 33.4 Å². The lowest BCUT2D eigenvalue weighted by Gasteiger charge is -2.33. The van der Waals surface area contributed by atoms with Gasteiger partial charge in [0.2, 0.25) is 0 Å². The van der Waals surface area contributed by atoms with E-state index in [1.807, 2.05) is 18.7 Å². The maximum Gasteiger partial charge on any atom is 0.139 e. The predicted octanol–water partition coefficient (Wildman–Crippen LogP) is 2.20. The van der Waals surface area contributed by atoms with Gasteiger partial charge in [0.15, 0.2) is 0 Å². The molecule has 0 unspecified atom stereocenters. The van der Waals surface area contributed by atoms with Gasteiger partial charge in [-0.3, -0.25) is 4.90 Å². The van der Waals surface area contributed by atoms with Crippen molar-refractivity contribution in [3.05, 3.63) is 24.8 Å². The van der Waals surface area contributed by atoms with Crippen LogP contribution in [0.4, 0.5) is 0 Å². The lowest BCUT2D eigenvalue weighted by atomic mass is 10.1. The first kappa shape index (κ1) is 13.7. The number of nitrogens with one attached hydrogen (secondary N) is 1. The highest BCUT2D eigenvalue weighted by molar-refractivity contribution is 6.00. The zero-order valence-electron chi connectivity index (χ0n) is 12.8. The first-order chi connectivity index (χ1) is 10.9. The summed E-state index contributed by atoms with van der Waals surface area (Å²) in [5, 5.41) is 1.16. The minimum atomic E-state index is 0.469. The number of hydrogen-bond acceptors (Lipinski definition) is 4. The molecule has 4 rings (SSSR count). The normalized spacial score (nSPS) is 20.1. The van der Waals surface area contributed by atoms with Crippen LogP contribution in [0.3, 0.4) is 0 Å². The summed E-state index contributed by atoms with van der Waals surface area (Å²) in [7, 11) is 1.76. The number of piperidine rings is 1. The van der Waals surface area contributed by atoms with Crippen molar-refractivity contribution in [1.29, 1.82) is 0 Å². The molecule has 0 bridgehead atoms. The molecular formula is C16H21N5O. The number of rotatable bonds is 4. The second-order valence-electron chi connectivity index (χ2n) is 5.97. The van der Waals surface area contributed by atoms with E-state index >= 15 is 0 Å². The number of nitrogens with zero attached hydrogens (tertiary/aromatic N) is 4. The number of aromatic amines is 1. The molecule has 0 radical (unpaired) electrons. The quantitative estimate of drug-likeness (QED) is 0.802. The highest BCUT2D eigenvalue weighted by Crippen LogP contribution is 2.29. The maximum absolute atomic E-state index is 5.21. The highest BCUT2D eigenvalue weighted by atomic mass is 16.5. The molecule has 0 amide bonds. The predicted molar refractivity (Wildman–Crippen MR) is 86.0 cm³/mol. The minimum absolute atomic E-state index is 0.469. The van der Waals surface area contributed by atoms with Crippen molar-refractivity contribution in [2.24, 2.45) is 0 Å². The fourth-order valence-corrected chi connectivity index (χ4v) is 3.49. The average Bonchev–Trinajstić information content (AvgIpc) is 3.18. The second-order valence-corrected chi connectivity index (χ2v) is 5.97. The Balaban J connectivity index is 1.69. The van der Waals surface area contributed by atoms with E-state index in [1.54, 1.807) is 7.11 Å². The fraction of sp³-hybridized carbons (Fsp3) is 0.500. The number of fused-ring (bicyclic) bond motifs is 3. The fourth-order valence-electron chi connectivity index (χ4n) is 3.49. The van der Waals surface area contributed by atoms with Crippen molar-refractivity contribution < 1.29 is 4.74 Å². The summed E-state index contributed by atoms with van der Waals surface area (Å²) in [5.41, 5.74) is 3.10. The molecule has 116 valence electrons. The number of aromatic nitrogens is 4. The summed E-state index contributed by atoms with van der Waals surface area (Å²) < 4.78 is 7.55. The summed E-state index contributed by atoms with van der Waals surface area (Å²) in [6.45, 7) is 4.01. The molecule has 6 heteroatoms. The van der Waals surface area contributed by atoms with Crippen molar-refractivity contribution in [3.63, 3.8) is 0 Å². The van der Waals surface area contributed by atoms with Gasteiger partial charge in [-0.05, 0) is 25.5 Å². The van der Waals surface area contributed by atoms with Crippen LogP contribution in [-0.4, -0.2) is 57.8 Å². The van der Waals surface area contributed by atoms with Crippen molar-refractivity contribution >= 4 is 22.1 Å². The Bertz CT molecular complexity index is 777. The van der Waals surface area contributed by atoms with Crippen LogP contribution in [0, 0.1) is 0 Å².